The summed E-state index contributed by atoms with van der Waals surface area (Å²) in [6.07, 6.45) is 4.84. The van der Waals surface area contributed by atoms with Crippen molar-refractivity contribution in [1.82, 2.24) is 9.29 Å². The van der Waals surface area contributed by atoms with E-state index in [4.69, 9.17) is 5.73 Å². The molecule has 1 aliphatic heterocycles. The Hall–Kier alpha value is -1.12. The van der Waals surface area contributed by atoms with Gasteiger partial charge in [0.1, 0.15) is 4.90 Å². The number of pyridine rings is 1. The molecule has 1 aliphatic rings. The van der Waals surface area contributed by atoms with Crippen LogP contribution in [0.3, 0.4) is 0 Å². The van der Waals surface area contributed by atoms with Gasteiger partial charge in [-0.1, -0.05) is 25.1 Å². The molecule has 0 radical (unpaired) electrons. The van der Waals surface area contributed by atoms with Crippen LogP contribution in [0.1, 0.15) is 32.6 Å². The van der Waals surface area contributed by atoms with E-state index in [0.717, 1.165) is 19.3 Å². The molecule has 22 heavy (non-hydrogen) atoms. The van der Waals surface area contributed by atoms with Gasteiger partial charge in [0.25, 0.3) is 0 Å². The number of nitrogens with two attached hydrogens (primary N) is 1. The highest BCUT2D eigenvalue weighted by Gasteiger charge is 2.26. The molecule has 0 spiro atoms. The van der Waals surface area contributed by atoms with Crippen molar-refractivity contribution < 1.29 is 13.2 Å². The average molecular weight is 343 g/mol. The smallest absolute Gasteiger partial charge is 0.244 e. The molecule has 0 saturated carbocycles. The molecule has 8 heteroatoms. The van der Waals surface area contributed by atoms with Crippen LogP contribution >= 0.6 is 11.8 Å². The third-order valence-corrected chi connectivity index (χ3v) is 6.83. The molecule has 1 unspecified atom stereocenters. The van der Waals surface area contributed by atoms with Crippen molar-refractivity contribution in [2.24, 2.45) is 5.73 Å². The fourth-order valence-electron chi connectivity index (χ4n) is 2.33. The Balaban J connectivity index is 2.12. The Morgan fingerprint density at radius 3 is 2.55 bits per heavy atom. The van der Waals surface area contributed by atoms with E-state index in [-0.39, 0.29) is 16.1 Å². The molecule has 122 valence electrons. The van der Waals surface area contributed by atoms with E-state index in [0.29, 0.717) is 24.5 Å². The largest absolute Gasteiger partial charge is 0.369 e. The van der Waals surface area contributed by atoms with Crippen molar-refractivity contribution in [3.05, 3.63) is 18.3 Å². The predicted octanol–water partition coefficient (Wildman–Crippen LogP) is 1.61. The minimum Gasteiger partial charge on any atom is -0.369 e. The SMILES string of the molecule is CCC(Sc1ccc(S(=O)(=O)N2CCCCC2)cn1)C(N)=O. The third kappa shape index (κ3) is 3.99. The van der Waals surface area contributed by atoms with Gasteiger partial charge in [0.05, 0.1) is 10.3 Å². The van der Waals surface area contributed by atoms with E-state index in [1.54, 1.807) is 12.1 Å². The number of carbonyl (C=O) groups excluding carboxylic acids is 1. The Morgan fingerprint density at radius 1 is 1.36 bits per heavy atom. The maximum atomic E-state index is 12.5. The molecular weight excluding hydrogens is 322 g/mol. The Labute approximate surface area is 135 Å². The zero-order valence-corrected chi connectivity index (χ0v) is 14.2. The number of hydrogen-bond donors (Lipinski definition) is 1. The number of hydrogen-bond acceptors (Lipinski definition) is 5. The number of amides is 1. The van der Waals surface area contributed by atoms with Gasteiger partial charge in [0, 0.05) is 19.3 Å². The van der Waals surface area contributed by atoms with E-state index >= 15 is 0 Å². The molecule has 2 rings (SSSR count). The molecule has 0 aromatic carbocycles. The summed E-state index contributed by atoms with van der Waals surface area (Å²) in [4.78, 5) is 15.6. The Morgan fingerprint density at radius 2 is 2.05 bits per heavy atom. The van der Waals surface area contributed by atoms with Crippen LogP contribution < -0.4 is 5.73 Å². The van der Waals surface area contributed by atoms with Crippen LogP contribution in [0.25, 0.3) is 0 Å². The average Bonchev–Trinajstić information content (AvgIpc) is 2.53. The topological polar surface area (TPSA) is 93.4 Å². The molecule has 2 heterocycles. The van der Waals surface area contributed by atoms with Gasteiger partial charge in [-0.3, -0.25) is 4.79 Å². The number of nitrogens with zero attached hydrogens (tertiary/aromatic N) is 2. The summed E-state index contributed by atoms with van der Waals surface area (Å²) in [6, 6.07) is 3.18. The van der Waals surface area contributed by atoms with E-state index in [1.807, 2.05) is 6.92 Å². The normalized spacial score (nSPS) is 18.0. The predicted molar refractivity (Wildman–Crippen MR) is 86.0 cm³/mol. The number of rotatable bonds is 6. The number of sulfonamides is 1. The molecule has 2 N–H and O–H groups in total. The van der Waals surface area contributed by atoms with E-state index < -0.39 is 10.0 Å². The van der Waals surface area contributed by atoms with Crippen LogP contribution in [0.15, 0.2) is 28.3 Å². The lowest BCUT2D eigenvalue weighted by Crippen LogP contribution is -2.35. The highest BCUT2D eigenvalue weighted by Crippen LogP contribution is 2.25. The van der Waals surface area contributed by atoms with Crippen LogP contribution in [0.4, 0.5) is 0 Å². The molecule has 1 atom stereocenters. The van der Waals surface area contributed by atoms with E-state index in [2.05, 4.69) is 4.98 Å². The van der Waals surface area contributed by atoms with E-state index in [9.17, 15) is 13.2 Å². The second-order valence-electron chi connectivity index (χ2n) is 5.21. The molecule has 0 aliphatic carbocycles. The molecule has 1 aromatic heterocycles. The molecular formula is C14H21N3O3S2. The van der Waals surface area contributed by atoms with Crippen molar-refractivity contribution in [3.8, 4) is 0 Å². The van der Waals surface area contributed by atoms with Crippen molar-refractivity contribution in [2.75, 3.05) is 13.1 Å². The standard InChI is InChI=1S/C14H21N3O3S2/c1-2-12(14(15)18)21-13-7-6-11(10-16-13)22(19,20)17-8-4-3-5-9-17/h6-7,10,12H,2-5,8-9H2,1H3,(H2,15,18). The van der Waals surface area contributed by atoms with Gasteiger partial charge in [-0.2, -0.15) is 4.31 Å². The minimum absolute atomic E-state index is 0.200. The van der Waals surface area contributed by atoms with E-state index in [1.165, 1.54) is 22.3 Å². The maximum absolute atomic E-state index is 12.5. The summed E-state index contributed by atoms with van der Waals surface area (Å²) in [6.45, 7) is 3.01. The zero-order valence-electron chi connectivity index (χ0n) is 12.6. The number of aromatic nitrogens is 1. The van der Waals surface area contributed by atoms with Gasteiger partial charge >= 0.3 is 0 Å². The summed E-state index contributed by atoms with van der Waals surface area (Å²) in [7, 11) is -3.46. The lowest BCUT2D eigenvalue weighted by atomic mass is 10.2. The van der Waals surface area contributed by atoms with Gasteiger partial charge in [-0.15, -0.1) is 0 Å². The molecule has 1 aromatic rings. The quantitative estimate of drug-likeness (QED) is 0.792. The van der Waals surface area contributed by atoms with Gasteiger partial charge in [0.15, 0.2) is 0 Å². The summed E-state index contributed by atoms with van der Waals surface area (Å²) in [5.41, 5.74) is 5.30. The van der Waals surface area contributed by atoms with Crippen molar-refractivity contribution in [3.63, 3.8) is 0 Å². The lowest BCUT2D eigenvalue weighted by molar-refractivity contribution is -0.117. The van der Waals surface area contributed by atoms with Crippen molar-refractivity contribution in [2.45, 2.75) is 47.8 Å². The molecule has 1 fully saturated rings. The number of piperidine rings is 1. The minimum atomic E-state index is -3.46. The van der Waals surface area contributed by atoms with Crippen LogP contribution in [0, 0.1) is 0 Å². The fourth-order valence-corrected chi connectivity index (χ4v) is 4.63. The van der Waals surface area contributed by atoms with Gasteiger partial charge < -0.3 is 5.73 Å². The summed E-state index contributed by atoms with van der Waals surface area (Å²) in [5, 5.41) is 0.250. The monoisotopic (exact) mass is 343 g/mol. The van der Waals surface area contributed by atoms with Crippen LogP contribution in [0.2, 0.25) is 0 Å². The summed E-state index contributed by atoms with van der Waals surface area (Å²) in [5.74, 6) is -0.390. The molecule has 1 saturated heterocycles. The Kier molecular flexibility index (Phi) is 5.82. The van der Waals surface area contributed by atoms with Gasteiger partial charge in [-0.25, -0.2) is 13.4 Å². The number of thioether (sulfide) groups is 1. The third-order valence-electron chi connectivity index (χ3n) is 3.61. The summed E-state index contributed by atoms with van der Waals surface area (Å²) >= 11 is 1.26. The van der Waals surface area contributed by atoms with Crippen LogP contribution in [-0.2, 0) is 14.8 Å². The second-order valence-corrected chi connectivity index (χ2v) is 8.37. The maximum Gasteiger partial charge on any atom is 0.244 e. The Bertz CT molecular complexity index is 611. The first-order valence-corrected chi connectivity index (χ1v) is 9.69. The first-order valence-electron chi connectivity index (χ1n) is 7.37. The second kappa shape index (κ2) is 7.43. The molecule has 0 bridgehead atoms. The highest BCUT2D eigenvalue weighted by atomic mass is 32.2. The molecule has 1 amide bonds. The van der Waals surface area contributed by atoms with Crippen molar-refractivity contribution >= 4 is 27.7 Å². The number of primary amides is 1. The number of carbonyl (C=O) groups is 1. The lowest BCUT2D eigenvalue weighted by Gasteiger charge is -2.25. The first-order chi connectivity index (χ1) is 10.4. The van der Waals surface area contributed by atoms with Crippen LogP contribution in [-0.4, -0.2) is 42.0 Å². The zero-order chi connectivity index (χ0) is 16.2. The van der Waals surface area contributed by atoms with Crippen LogP contribution in [0.5, 0.6) is 0 Å². The van der Waals surface area contributed by atoms with Gasteiger partial charge in [0.2, 0.25) is 15.9 Å². The fraction of sp³-hybridized carbons (Fsp3) is 0.571. The summed E-state index contributed by atoms with van der Waals surface area (Å²) < 4.78 is 26.5. The molecule has 6 nitrogen and oxygen atoms in total. The highest BCUT2D eigenvalue weighted by molar-refractivity contribution is 8.00. The van der Waals surface area contributed by atoms with Gasteiger partial charge in [-0.05, 0) is 31.4 Å². The first kappa shape index (κ1) is 17.2. The van der Waals surface area contributed by atoms with Crippen molar-refractivity contribution in [1.29, 1.82) is 0 Å².